The van der Waals surface area contributed by atoms with E-state index in [4.69, 9.17) is 9.47 Å². The number of carbonyl (C=O) groups is 3. The van der Waals surface area contributed by atoms with Gasteiger partial charge in [-0.1, -0.05) is 36.4 Å². The van der Waals surface area contributed by atoms with Crippen LogP contribution in [0, 0.1) is 0 Å². The lowest BCUT2D eigenvalue weighted by molar-refractivity contribution is -0.121. The number of urea groups is 1. The number of ether oxygens (including phenoxy) is 2. The highest BCUT2D eigenvalue weighted by Crippen LogP contribution is 2.37. The van der Waals surface area contributed by atoms with E-state index in [0.717, 1.165) is 28.6 Å². The summed E-state index contributed by atoms with van der Waals surface area (Å²) in [6.45, 7) is 5.87. The van der Waals surface area contributed by atoms with Crippen molar-refractivity contribution in [3.63, 3.8) is 0 Å². The van der Waals surface area contributed by atoms with Crippen molar-refractivity contribution in [2.75, 3.05) is 42.0 Å². The minimum absolute atomic E-state index is 0.160. The van der Waals surface area contributed by atoms with E-state index in [0.29, 0.717) is 17.1 Å². The first-order valence-corrected chi connectivity index (χ1v) is 12.0. The van der Waals surface area contributed by atoms with Crippen molar-refractivity contribution in [1.29, 1.82) is 0 Å². The lowest BCUT2D eigenvalue weighted by Crippen LogP contribution is -2.57. The number of amides is 4. The summed E-state index contributed by atoms with van der Waals surface area (Å²) in [5.41, 5.74) is 1.99. The molecule has 1 saturated heterocycles. The molecule has 0 N–H and O–H groups in total. The maximum Gasteiger partial charge on any atom is 0.343 e. The van der Waals surface area contributed by atoms with E-state index in [1.54, 1.807) is 48.5 Å². The summed E-state index contributed by atoms with van der Waals surface area (Å²) in [6, 6.07) is 20.1. The number of benzene rings is 3. The lowest BCUT2D eigenvalue weighted by atomic mass is 10.0. The molecule has 0 bridgehead atoms. The van der Waals surface area contributed by atoms with Crippen LogP contribution in [0.1, 0.15) is 19.4 Å². The van der Waals surface area contributed by atoms with E-state index >= 15 is 0 Å². The van der Waals surface area contributed by atoms with Gasteiger partial charge in [0.25, 0.3) is 11.8 Å². The average Bonchev–Trinajstić information content (AvgIpc) is 2.93. The molecule has 1 heterocycles. The third-order valence-corrected chi connectivity index (χ3v) is 6.23. The first kappa shape index (κ1) is 25.5. The fourth-order valence-corrected chi connectivity index (χ4v) is 4.32. The van der Waals surface area contributed by atoms with Crippen LogP contribution in [0.2, 0.25) is 0 Å². The van der Waals surface area contributed by atoms with Gasteiger partial charge in [-0.3, -0.25) is 9.59 Å². The summed E-state index contributed by atoms with van der Waals surface area (Å²) in [5, 5.41) is 0. The topological polar surface area (TPSA) is 79.4 Å². The summed E-state index contributed by atoms with van der Waals surface area (Å²) >= 11 is 0. The molecule has 0 aromatic heterocycles. The van der Waals surface area contributed by atoms with Gasteiger partial charge in [0.15, 0.2) is 0 Å². The number of para-hydroxylation sites is 4. The molecule has 0 aliphatic carbocycles. The molecule has 0 spiro atoms. The third-order valence-electron chi connectivity index (χ3n) is 6.23. The molecule has 3 aromatic carbocycles. The SMILES string of the molecule is CCN(CC)c1ccc(C=C2C(=O)N(c3ccccc3OC)C(=O)N(c3ccccc3OC)C2=O)cc1. The molecule has 37 heavy (non-hydrogen) atoms. The van der Waals surface area contributed by atoms with E-state index < -0.39 is 17.8 Å². The third kappa shape index (κ3) is 4.78. The number of imide groups is 2. The summed E-state index contributed by atoms with van der Waals surface area (Å²) in [4.78, 5) is 45.3. The Hall–Kier alpha value is -4.59. The predicted octanol–water partition coefficient (Wildman–Crippen LogP) is 5.13. The van der Waals surface area contributed by atoms with E-state index in [1.807, 2.05) is 24.3 Å². The van der Waals surface area contributed by atoms with Gasteiger partial charge in [-0.15, -0.1) is 0 Å². The van der Waals surface area contributed by atoms with E-state index in [2.05, 4.69) is 18.7 Å². The number of hydrogen-bond donors (Lipinski definition) is 0. The highest BCUT2D eigenvalue weighted by atomic mass is 16.5. The Labute approximate surface area is 216 Å². The van der Waals surface area contributed by atoms with Crippen LogP contribution in [0.15, 0.2) is 78.4 Å². The minimum atomic E-state index is -0.821. The number of methoxy groups -OCH3 is 2. The molecular formula is C29H29N3O5. The minimum Gasteiger partial charge on any atom is -0.495 e. The highest BCUT2D eigenvalue weighted by Gasteiger charge is 2.45. The first-order chi connectivity index (χ1) is 17.9. The van der Waals surface area contributed by atoms with Crippen molar-refractivity contribution >= 4 is 41.0 Å². The van der Waals surface area contributed by atoms with Crippen molar-refractivity contribution in [3.05, 3.63) is 83.9 Å². The number of barbiturate groups is 1. The second-order valence-corrected chi connectivity index (χ2v) is 8.23. The van der Waals surface area contributed by atoms with Crippen LogP contribution in [-0.2, 0) is 9.59 Å². The summed E-state index contributed by atoms with van der Waals surface area (Å²) in [6.07, 6.45) is 1.51. The summed E-state index contributed by atoms with van der Waals surface area (Å²) < 4.78 is 10.8. The zero-order chi connectivity index (χ0) is 26.5. The Morgan fingerprint density at radius 3 is 1.59 bits per heavy atom. The van der Waals surface area contributed by atoms with Crippen LogP contribution in [0.4, 0.5) is 21.9 Å². The number of carbonyl (C=O) groups excluding carboxylic acids is 3. The van der Waals surface area contributed by atoms with Gasteiger partial charge in [0.2, 0.25) is 0 Å². The van der Waals surface area contributed by atoms with Gasteiger partial charge in [0, 0.05) is 18.8 Å². The van der Waals surface area contributed by atoms with Crippen molar-refractivity contribution in [3.8, 4) is 11.5 Å². The van der Waals surface area contributed by atoms with E-state index in [9.17, 15) is 14.4 Å². The largest absolute Gasteiger partial charge is 0.495 e. The first-order valence-electron chi connectivity index (χ1n) is 12.0. The standard InChI is InChI=1S/C29H29N3O5/c1-5-30(6-2)21-17-15-20(16-18-21)19-22-27(33)31(23-11-7-9-13-25(23)36-3)29(35)32(28(22)34)24-12-8-10-14-26(24)37-4/h7-19H,5-6H2,1-4H3. The van der Waals surface area contributed by atoms with Crippen LogP contribution < -0.4 is 24.2 Å². The van der Waals surface area contributed by atoms with Crippen LogP contribution in [0.5, 0.6) is 11.5 Å². The van der Waals surface area contributed by atoms with Crippen LogP contribution in [-0.4, -0.2) is 45.2 Å². The molecule has 0 atom stereocenters. The van der Waals surface area contributed by atoms with Crippen LogP contribution in [0.3, 0.4) is 0 Å². The normalized spacial score (nSPS) is 13.6. The zero-order valence-corrected chi connectivity index (χ0v) is 21.3. The molecule has 0 radical (unpaired) electrons. The molecule has 1 aliphatic heterocycles. The number of nitrogens with zero attached hydrogens (tertiary/aromatic N) is 3. The van der Waals surface area contributed by atoms with E-state index in [-0.39, 0.29) is 16.9 Å². The Balaban J connectivity index is 1.86. The van der Waals surface area contributed by atoms with Gasteiger partial charge in [0.1, 0.15) is 17.1 Å². The van der Waals surface area contributed by atoms with Gasteiger partial charge >= 0.3 is 6.03 Å². The molecule has 8 heteroatoms. The number of rotatable bonds is 8. The summed E-state index contributed by atoms with van der Waals surface area (Å²) in [5.74, 6) is -0.833. The zero-order valence-electron chi connectivity index (χ0n) is 21.3. The fraction of sp³-hybridized carbons (Fsp3) is 0.207. The number of hydrogen-bond acceptors (Lipinski definition) is 6. The molecule has 0 saturated carbocycles. The van der Waals surface area contributed by atoms with Crippen molar-refractivity contribution in [1.82, 2.24) is 0 Å². The van der Waals surface area contributed by atoms with Crippen molar-refractivity contribution in [2.24, 2.45) is 0 Å². The van der Waals surface area contributed by atoms with Gasteiger partial charge in [-0.2, -0.15) is 0 Å². The quantitative estimate of drug-likeness (QED) is 0.316. The van der Waals surface area contributed by atoms with Crippen LogP contribution in [0.25, 0.3) is 6.08 Å². The second kappa shape index (κ2) is 11.0. The Kier molecular flexibility index (Phi) is 7.57. The smallest absolute Gasteiger partial charge is 0.343 e. The van der Waals surface area contributed by atoms with Crippen molar-refractivity contribution < 1.29 is 23.9 Å². The van der Waals surface area contributed by atoms with E-state index in [1.165, 1.54) is 20.3 Å². The fourth-order valence-electron chi connectivity index (χ4n) is 4.32. The summed E-state index contributed by atoms with van der Waals surface area (Å²) in [7, 11) is 2.91. The molecular weight excluding hydrogens is 470 g/mol. The molecule has 4 rings (SSSR count). The molecule has 3 aromatic rings. The Morgan fingerprint density at radius 1 is 0.703 bits per heavy atom. The van der Waals surface area contributed by atoms with Crippen molar-refractivity contribution in [2.45, 2.75) is 13.8 Å². The molecule has 8 nitrogen and oxygen atoms in total. The molecule has 190 valence electrons. The van der Waals surface area contributed by atoms with Gasteiger partial charge in [0.05, 0.1) is 25.6 Å². The Bertz CT molecular complexity index is 1270. The highest BCUT2D eigenvalue weighted by molar-refractivity contribution is 6.46. The lowest BCUT2D eigenvalue weighted by Gasteiger charge is -2.34. The van der Waals surface area contributed by atoms with Gasteiger partial charge < -0.3 is 14.4 Å². The molecule has 4 amide bonds. The second-order valence-electron chi connectivity index (χ2n) is 8.23. The maximum atomic E-state index is 13.7. The van der Waals surface area contributed by atoms with Gasteiger partial charge in [-0.25, -0.2) is 14.6 Å². The average molecular weight is 500 g/mol. The maximum absolute atomic E-state index is 13.7. The van der Waals surface area contributed by atoms with Crippen LogP contribution >= 0.6 is 0 Å². The predicted molar refractivity (Wildman–Crippen MR) is 144 cm³/mol. The monoisotopic (exact) mass is 499 g/mol. The molecule has 1 fully saturated rings. The van der Waals surface area contributed by atoms with Gasteiger partial charge in [-0.05, 0) is 61.9 Å². The molecule has 1 aliphatic rings. The Morgan fingerprint density at radius 2 is 1.16 bits per heavy atom. The number of anilines is 3. The molecule has 0 unspecified atom stereocenters.